The van der Waals surface area contributed by atoms with Crippen LogP contribution in [-0.4, -0.2) is 40.7 Å². The van der Waals surface area contributed by atoms with Crippen molar-refractivity contribution in [1.82, 2.24) is 15.0 Å². The Hall–Kier alpha value is -3.01. The van der Waals surface area contributed by atoms with Crippen LogP contribution in [0.3, 0.4) is 0 Å². The molecule has 0 bridgehead atoms. The molecule has 8 nitrogen and oxygen atoms in total. The van der Waals surface area contributed by atoms with Gasteiger partial charge in [-0.2, -0.15) is 4.37 Å². The molecule has 1 aromatic heterocycles. The molecule has 0 saturated heterocycles. The fourth-order valence-electron chi connectivity index (χ4n) is 4.64. The second-order valence-corrected chi connectivity index (χ2v) is 11.6. The summed E-state index contributed by atoms with van der Waals surface area (Å²) in [6.45, 7) is 8.55. The number of nitrogens with two attached hydrogens (primary N) is 1. The number of nitrogens with one attached hydrogen (secondary N) is 2. The van der Waals surface area contributed by atoms with Crippen molar-refractivity contribution in [3.05, 3.63) is 40.7 Å². The van der Waals surface area contributed by atoms with E-state index in [1.165, 1.54) is 29.2 Å². The molecular formula is C28H40FN5O3S. The smallest absolute Gasteiger partial charge is 0.273 e. The van der Waals surface area contributed by atoms with Gasteiger partial charge in [0.25, 0.3) is 11.8 Å². The monoisotopic (exact) mass is 545 g/mol. The third-order valence-corrected chi connectivity index (χ3v) is 7.58. The first-order valence-corrected chi connectivity index (χ1v) is 14.3. The van der Waals surface area contributed by atoms with E-state index in [2.05, 4.69) is 28.9 Å². The van der Waals surface area contributed by atoms with Crippen LogP contribution < -0.4 is 21.3 Å². The van der Waals surface area contributed by atoms with Crippen LogP contribution in [0.15, 0.2) is 24.3 Å². The Morgan fingerprint density at radius 1 is 1.08 bits per heavy atom. The number of aromatic nitrogens is 1. The number of halogens is 1. The van der Waals surface area contributed by atoms with Crippen LogP contribution in [-0.2, 0) is 4.79 Å². The fraction of sp³-hybridized carbons (Fsp3) is 0.571. The zero-order valence-corrected chi connectivity index (χ0v) is 23.6. The third kappa shape index (κ3) is 7.75. The average molecular weight is 546 g/mol. The van der Waals surface area contributed by atoms with Gasteiger partial charge in [-0.25, -0.2) is 4.39 Å². The predicted octanol–water partition coefficient (Wildman–Crippen LogP) is 5.15. The Kier molecular flexibility index (Phi) is 10.6. The number of amides is 3. The van der Waals surface area contributed by atoms with E-state index < -0.39 is 23.7 Å². The fourth-order valence-corrected chi connectivity index (χ4v) is 5.38. The number of anilines is 2. The summed E-state index contributed by atoms with van der Waals surface area (Å²) in [6, 6.07) is 4.64. The number of hydrogen-bond acceptors (Lipinski definition) is 6. The van der Waals surface area contributed by atoms with E-state index >= 15 is 0 Å². The highest BCUT2D eigenvalue weighted by atomic mass is 32.1. The van der Waals surface area contributed by atoms with Crippen molar-refractivity contribution >= 4 is 40.6 Å². The van der Waals surface area contributed by atoms with Crippen LogP contribution in [0.5, 0.6) is 0 Å². The lowest BCUT2D eigenvalue weighted by atomic mass is 9.95. The highest BCUT2D eigenvalue weighted by Crippen LogP contribution is 2.30. The van der Waals surface area contributed by atoms with E-state index in [1.54, 1.807) is 0 Å². The van der Waals surface area contributed by atoms with Gasteiger partial charge in [-0.3, -0.25) is 19.3 Å². The van der Waals surface area contributed by atoms with Gasteiger partial charge in [-0.15, -0.1) is 0 Å². The highest BCUT2D eigenvalue weighted by Gasteiger charge is 2.35. The van der Waals surface area contributed by atoms with E-state index in [9.17, 15) is 18.8 Å². The molecule has 1 fully saturated rings. The summed E-state index contributed by atoms with van der Waals surface area (Å²) in [5.74, 6) is -1.21. The molecule has 3 rings (SSSR count). The maximum absolute atomic E-state index is 14.0. The molecule has 1 saturated carbocycles. The number of rotatable bonds is 11. The number of hydrogen-bond donors (Lipinski definition) is 3. The molecule has 0 radical (unpaired) electrons. The van der Waals surface area contributed by atoms with Crippen molar-refractivity contribution in [2.24, 2.45) is 11.8 Å². The van der Waals surface area contributed by atoms with Crippen LogP contribution in [0.2, 0.25) is 0 Å². The van der Waals surface area contributed by atoms with Crippen molar-refractivity contribution in [3.8, 4) is 0 Å². The minimum Gasteiger partial charge on any atom is -0.395 e. The van der Waals surface area contributed by atoms with Crippen molar-refractivity contribution in [1.29, 1.82) is 0 Å². The minimum absolute atomic E-state index is 0.0102. The van der Waals surface area contributed by atoms with E-state index in [1.807, 2.05) is 13.8 Å². The molecule has 38 heavy (non-hydrogen) atoms. The zero-order chi connectivity index (χ0) is 27.8. The quantitative estimate of drug-likeness (QED) is 0.361. The number of nitrogen functional groups attached to an aromatic ring is 1. The summed E-state index contributed by atoms with van der Waals surface area (Å²) in [5.41, 5.74) is 6.69. The molecular weight excluding hydrogens is 505 g/mol. The molecule has 0 spiro atoms. The van der Waals surface area contributed by atoms with Crippen LogP contribution in [0.4, 0.5) is 15.8 Å². The normalized spacial score (nSPS) is 14.9. The molecule has 1 heterocycles. The van der Waals surface area contributed by atoms with E-state index in [0.29, 0.717) is 24.6 Å². The molecule has 1 unspecified atom stereocenters. The summed E-state index contributed by atoms with van der Waals surface area (Å²) in [5, 5.41) is 5.95. The Morgan fingerprint density at radius 3 is 2.34 bits per heavy atom. The highest BCUT2D eigenvalue weighted by molar-refractivity contribution is 7.09. The largest absolute Gasteiger partial charge is 0.395 e. The number of carbonyl (C=O) groups excluding carboxylic acids is 3. The first-order valence-electron chi connectivity index (χ1n) is 13.5. The molecule has 3 amide bonds. The SMILES string of the molecule is CC(C)CCNC(=O)C(CC(C)C)N(C(=O)c1snc(C(=O)NC2CCCCC2)c1N)c1ccc(F)cc1. The van der Waals surface area contributed by atoms with E-state index in [-0.39, 0.29) is 34.1 Å². The zero-order valence-electron chi connectivity index (χ0n) is 22.8. The maximum atomic E-state index is 14.0. The summed E-state index contributed by atoms with van der Waals surface area (Å²) in [7, 11) is 0. The van der Waals surface area contributed by atoms with Crippen LogP contribution in [0.25, 0.3) is 0 Å². The van der Waals surface area contributed by atoms with Gasteiger partial charge in [-0.05, 0) is 73.3 Å². The lowest BCUT2D eigenvalue weighted by molar-refractivity contribution is -0.122. The molecule has 1 aliphatic rings. The van der Waals surface area contributed by atoms with Gasteiger partial charge >= 0.3 is 0 Å². The Balaban J connectivity index is 1.93. The van der Waals surface area contributed by atoms with Gasteiger partial charge in [0.05, 0.1) is 5.69 Å². The topological polar surface area (TPSA) is 117 Å². The third-order valence-electron chi connectivity index (χ3n) is 6.73. The van der Waals surface area contributed by atoms with Crippen molar-refractivity contribution in [2.45, 2.75) is 84.7 Å². The summed E-state index contributed by atoms with van der Waals surface area (Å²) in [4.78, 5) is 41.8. The first kappa shape index (κ1) is 29.5. The average Bonchev–Trinajstić information content (AvgIpc) is 3.26. The van der Waals surface area contributed by atoms with Gasteiger partial charge < -0.3 is 16.4 Å². The van der Waals surface area contributed by atoms with Crippen LogP contribution in [0.1, 0.15) is 92.8 Å². The van der Waals surface area contributed by atoms with Crippen LogP contribution >= 0.6 is 11.5 Å². The van der Waals surface area contributed by atoms with E-state index in [0.717, 1.165) is 50.1 Å². The second kappa shape index (κ2) is 13.7. The Labute approximate surface area is 228 Å². The van der Waals surface area contributed by atoms with Crippen molar-refractivity contribution in [3.63, 3.8) is 0 Å². The van der Waals surface area contributed by atoms with Gasteiger partial charge in [0.2, 0.25) is 5.91 Å². The first-order chi connectivity index (χ1) is 18.1. The molecule has 1 atom stereocenters. The molecule has 208 valence electrons. The lowest BCUT2D eigenvalue weighted by Crippen LogP contribution is -2.51. The number of nitrogens with zero attached hydrogens (tertiary/aromatic N) is 2. The predicted molar refractivity (Wildman–Crippen MR) is 150 cm³/mol. The van der Waals surface area contributed by atoms with Gasteiger partial charge in [0.15, 0.2) is 5.69 Å². The molecule has 10 heteroatoms. The van der Waals surface area contributed by atoms with Gasteiger partial charge in [-0.1, -0.05) is 47.0 Å². The molecule has 2 aromatic rings. The van der Waals surface area contributed by atoms with E-state index in [4.69, 9.17) is 5.73 Å². The lowest BCUT2D eigenvalue weighted by Gasteiger charge is -2.32. The number of benzene rings is 1. The second-order valence-electron chi connectivity index (χ2n) is 10.9. The summed E-state index contributed by atoms with van der Waals surface area (Å²) in [6.07, 6.45) is 6.27. The Bertz CT molecular complexity index is 1100. The summed E-state index contributed by atoms with van der Waals surface area (Å²) >= 11 is 0.838. The molecule has 1 aliphatic carbocycles. The molecule has 4 N–H and O–H groups in total. The molecule has 1 aromatic carbocycles. The van der Waals surface area contributed by atoms with Gasteiger partial charge in [0.1, 0.15) is 16.7 Å². The molecule has 0 aliphatic heterocycles. The van der Waals surface area contributed by atoms with Crippen molar-refractivity contribution < 1.29 is 18.8 Å². The van der Waals surface area contributed by atoms with Gasteiger partial charge in [0, 0.05) is 18.3 Å². The summed E-state index contributed by atoms with van der Waals surface area (Å²) < 4.78 is 18.0. The number of carbonyl (C=O) groups is 3. The maximum Gasteiger partial charge on any atom is 0.273 e. The minimum atomic E-state index is -0.860. The van der Waals surface area contributed by atoms with Crippen LogP contribution in [0, 0.1) is 17.7 Å². The Morgan fingerprint density at radius 2 is 1.74 bits per heavy atom. The standard InChI is InChI=1S/C28H40FN5O3S/c1-17(2)14-15-31-26(35)22(16-18(3)4)34(21-12-10-19(29)11-13-21)28(37)25-23(30)24(33-38-25)27(36)32-20-8-6-5-7-9-20/h10-13,17-18,20,22H,5-9,14-16,30H2,1-4H3,(H,31,35)(H,32,36). The van der Waals surface area contributed by atoms with Crippen molar-refractivity contribution in [2.75, 3.05) is 17.2 Å².